The fraction of sp³-hybridized carbons (Fsp3) is 0.500. The first-order valence-corrected chi connectivity index (χ1v) is 9.20. The molecule has 0 spiro atoms. The van der Waals surface area contributed by atoms with E-state index in [0.29, 0.717) is 4.90 Å². The van der Waals surface area contributed by atoms with E-state index in [1.54, 1.807) is 0 Å². The zero-order valence-electron chi connectivity index (χ0n) is 14.5. The average molecular weight is 330 g/mol. The number of hydrogen-bond acceptors (Lipinski definition) is 2. The molecule has 1 aliphatic carbocycles. The molecule has 124 valence electrons. The van der Waals surface area contributed by atoms with Crippen molar-refractivity contribution in [2.24, 2.45) is 5.41 Å². The van der Waals surface area contributed by atoms with Gasteiger partial charge in [0.2, 0.25) is 0 Å². The molecular weight excluding hydrogens is 304 g/mol. The van der Waals surface area contributed by atoms with Crippen molar-refractivity contribution < 1.29 is 8.39 Å². The molecule has 0 heterocycles. The lowest BCUT2D eigenvalue weighted by Gasteiger charge is -2.31. The smallest absolute Gasteiger partial charge is 0.190 e. The fourth-order valence-electron chi connectivity index (χ4n) is 3.02. The summed E-state index contributed by atoms with van der Waals surface area (Å²) in [5, 5.41) is 0. The van der Waals surface area contributed by atoms with E-state index < -0.39 is 17.2 Å². The maximum absolute atomic E-state index is 12.5. The summed E-state index contributed by atoms with van der Waals surface area (Å²) in [6, 6.07) is 7.52. The lowest BCUT2D eigenvalue weighted by Crippen LogP contribution is -2.32. The highest BCUT2D eigenvalue weighted by atomic mass is 32.2. The topological polar surface area (TPSA) is 26.3 Å². The fourth-order valence-corrected chi connectivity index (χ4v) is 3.98. The maximum atomic E-state index is 12.5. The van der Waals surface area contributed by atoms with Crippen molar-refractivity contribution in [3.8, 4) is 12.3 Å². The van der Waals surface area contributed by atoms with Gasteiger partial charge in [0.05, 0.1) is 4.90 Å². The molecule has 2 nitrogen and oxygen atoms in total. The van der Waals surface area contributed by atoms with Crippen LogP contribution in [0.2, 0.25) is 0 Å². The van der Waals surface area contributed by atoms with E-state index in [-0.39, 0.29) is 5.41 Å². The van der Waals surface area contributed by atoms with Crippen molar-refractivity contribution in [2.45, 2.75) is 64.4 Å². The summed E-state index contributed by atoms with van der Waals surface area (Å²) in [7, 11) is 0. The second kappa shape index (κ2) is 7.47. The van der Waals surface area contributed by atoms with Gasteiger partial charge in [0, 0.05) is 5.41 Å². The van der Waals surface area contributed by atoms with Gasteiger partial charge < -0.3 is 0 Å². The molecule has 3 heteroatoms. The molecule has 0 aromatic heterocycles. The predicted molar refractivity (Wildman–Crippen MR) is 96.2 cm³/mol. The Labute approximate surface area is 143 Å². The van der Waals surface area contributed by atoms with Gasteiger partial charge >= 0.3 is 0 Å². The van der Waals surface area contributed by atoms with Crippen LogP contribution in [0.25, 0.3) is 0 Å². The summed E-state index contributed by atoms with van der Waals surface area (Å²) in [6.45, 7) is 8.40. The Morgan fingerprint density at radius 1 is 1.26 bits per heavy atom. The first kappa shape index (κ1) is 18.0. The van der Waals surface area contributed by atoms with E-state index in [2.05, 4.69) is 26.7 Å². The Morgan fingerprint density at radius 3 is 2.43 bits per heavy atom. The molecule has 0 saturated heterocycles. The van der Waals surface area contributed by atoms with Crippen LogP contribution in [-0.2, 0) is 15.3 Å². The minimum Gasteiger partial charge on any atom is -0.270 e. The molecule has 0 bridgehead atoms. The molecule has 0 amide bonds. The Balaban J connectivity index is 2.09. The molecule has 23 heavy (non-hydrogen) atoms. The first-order chi connectivity index (χ1) is 10.8. The molecule has 2 atom stereocenters. The molecule has 2 rings (SSSR count). The van der Waals surface area contributed by atoms with Crippen molar-refractivity contribution in [3.05, 3.63) is 41.0 Å². The molecule has 1 aromatic carbocycles. The van der Waals surface area contributed by atoms with Crippen LogP contribution in [0.3, 0.4) is 0 Å². The lowest BCUT2D eigenvalue weighted by atomic mass is 9.80. The number of hydrogen-bond donors (Lipinski definition) is 0. The minimum atomic E-state index is -1.54. The van der Waals surface area contributed by atoms with Crippen LogP contribution in [0.15, 0.2) is 40.3 Å². The van der Waals surface area contributed by atoms with Gasteiger partial charge in [-0.2, -0.15) is 0 Å². The summed E-state index contributed by atoms with van der Waals surface area (Å²) >= 11 is -1.54. The van der Waals surface area contributed by atoms with Crippen molar-refractivity contribution >= 4 is 11.1 Å². The molecule has 1 aliphatic rings. The van der Waals surface area contributed by atoms with E-state index >= 15 is 0 Å². The third-order valence-corrected chi connectivity index (χ3v) is 5.59. The van der Waals surface area contributed by atoms with Gasteiger partial charge in [0.1, 0.15) is 6.10 Å². The van der Waals surface area contributed by atoms with Gasteiger partial charge in [0.25, 0.3) is 0 Å². The normalized spacial score (nSPS) is 17.9. The van der Waals surface area contributed by atoms with Gasteiger partial charge in [0.15, 0.2) is 11.1 Å². The molecule has 0 fully saturated rings. The summed E-state index contributed by atoms with van der Waals surface area (Å²) in [5.74, 6) is 2.71. The summed E-state index contributed by atoms with van der Waals surface area (Å²) < 4.78 is 18.2. The number of benzene rings is 1. The Kier molecular flexibility index (Phi) is 5.84. The summed E-state index contributed by atoms with van der Waals surface area (Å²) in [5.41, 5.74) is 3.85. The van der Waals surface area contributed by atoms with Gasteiger partial charge in [-0.1, -0.05) is 48.6 Å². The lowest BCUT2D eigenvalue weighted by molar-refractivity contribution is 0.135. The average Bonchev–Trinajstić information content (AvgIpc) is 2.89. The third kappa shape index (κ3) is 4.56. The van der Waals surface area contributed by atoms with Crippen LogP contribution in [-0.4, -0.2) is 10.3 Å². The van der Waals surface area contributed by atoms with E-state index in [1.807, 2.05) is 31.2 Å². The van der Waals surface area contributed by atoms with Crippen LogP contribution in [0.5, 0.6) is 0 Å². The molecule has 0 saturated carbocycles. The largest absolute Gasteiger partial charge is 0.270 e. The predicted octanol–water partition coefficient (Wildman–Crippen LogP) is 4.95. The second-order valence-corrected chi connectivity index (χ2v) is 8.23. The van der Waals surface area contributed by atoms with Gasteiger partial charge in [-0.05, 0) is 51.7 Å². The number of terminal acetylenes is 1. The Hall–Kier alpha value is -1.37. The molecule has 2 unspecified atom stereocenters. The van der Waals surface area contributed by atoms with E-state index in [1.165, 1.54) is 24.0 Å². The molecule has 0 aliphatic heterocycles. The van der Waals surface area contributed by atoms with Crippen molar-refractivity contribution in [1.82, 2.24) is 0 Å². The summed E-state index contributed by atoms with van der Waals surface area (Å²) in [6.07, 6.45) is 9.67. The van der Waals surface area contributed by atoms with E-state index in [0.717, 1.165) is 18.4 Å². The first-order valence-electron chi connectivity index (χ1n) is 8.12. The zero-order chi connectivity index (χ0) is 17.0. The molecule has 0 N–H and O–H groups in total. The molecule has 0 radical (unpaired) electrons. The molecular formula is C20H26O2S. The maximum Gasteiger partial charge on any atom is 0.190 e. The summed E-state index contributed by atoms with van der Waals surface area (Å²) in [4.78, 5) is 0.655. The van der Waals surface area contributed by atoms with E-state index in [4.69, 9.17) is 10.6 Å². The monoisotopic (exact) mass is 330 g/mol. The quantitative estimate of drug-likeness (QED) is 0.545. The van der Waals surface area contributed by atoms with Gasteiger partial charge in [-0.3, -0.25) is 4.18 Å². The third-order valence-electron chi connectivity index (χ3n) is 4.56. The minimum absolute atomic E-state index is 0.240. The van der Waals surface area contributed by atoms with Crippen LogP contribution >= 0.6 is 0 Å². The van der Waals surface area contributed by atoms with Crippen molar-refractivity contribution in [2.75, 3.05) is 0 Å². The van der Waals surface area contributed by atoms with Gasteiger partial charge in [-0.15, -0.1) is 6.42 Å². The van der Waals surface area contributed by atoms with Crippen LogP contribution < -0.4 is 0 Å². The van der Waals surface area contributed by atoms with Crippen LogP contribution in [0, 0.1) is 24.7 Å². The number of aryl methyl sites for hydroxylation is 1. The van der Waals surface area contributed by atoms with Crippen LogP contribution in [0.1, 0.15) is 52.0 Å². The SMILES string of the molecule is C#CC(OS(=O)c1ccc(C)cc1)C(C)(C)CC1=C(C)CCC1. The van der Waals surface area contributed by atoms with Crippen molar-refractivity contribution in [3.63, 3.8) is 0 Å². The molecule has 1 aromatic rings. The standard InChI is InChI=1S/C20H26O2S/c1-6-19(20(4,5)14-17-9-7-8-16(17)3)22-23(21)18-12-10-15(2)11-13-18/h1,10-13,19H,7-9,14H2,2-5H3. The highest BCUT2D eigenvalue weighted by molar-refractivity contribution is 7.80. The second-order valence-electron chi connectivity index (χ2n) is 7.09. The van der Waals surface area contributed by atoms with Crippen molar-refractivity contribution in [1.29, 1.82) is 0 Å². The van der Waals surface area contributed by atoms with E-state index in [9.17, 15) is 4.21 Å². The Bertz CT molecular complexity index is 647. The zero-order valence-corrected chi connectivity index (χ0v) is 15.3. The number of allylic oxidation sites excluding steroid dienone is 2. The van der Waals surface area contributed by atoms with Gasteiger partial charge in [-0.25, -0.2) is 4.21 Å². The Morgan fingerprint density at radius 2 is 1.91 bits per heavy atom. The highest BCUT2D eigenvalue weighted by Crippen LogP contribution is 2.38. The number of rotatable bonds is 6. The van der Waals surface area contributed by atoms with Crippen LogP contribution in [0.4, 0.5) is 0 Å². The highest BCUT2D eigenvalue weighted by Gasteiger charge is 2.33.